The van der Waals surface area contributed by atoms with Gasteiger partial charge in [0.25, 0.3) is 0 Å². The molecular formula is C19H24N4O2. The first-order chi connectivity index (χ1) is 12.2. The molecule has 2 aromatic heterocycles. The van der Waals surface area contributed by atoms with Crippen LogP contribution in [0.3, 0.4) is 0 Å². The largest absolute Gasteiger partial charge is 0.461 e. The molecule has 1 saturated heterocycles. The van der Waals surface area contributed by atoms with Gasteiger partial charge in [0.2, 0.25) is 0 Å². The first kappa shape index (κ1) is 16.3. The van der Waals surface area contributed by atoms with E-state index in [0.717, 1.165) is 43.1 Å². The molecule has 25 heavy (non-hydrogen) atoms. The molecule has 3 heterocycles. The van der Waals surface area contributed by atoms with E-state index in [-0.39, 0.29) is 12.0 Å². The van der Waals surface area contributed by atoms with Crippen molar-refractivity contribution in [2.75, 3.05) is 20.2 Å². The van der Waals surface area contributed by atoms with Crippen molar-refractivity contribution in [2.24, 2.45) is 7.05 Å². The molecule has 1 aromatic carbocycles. The van der Waals surface area contributed by atoms with Gasteiger partial charge in [-0.3, -0.25) is 9.58 Å². The van der Waals surface area contributed by atoms with Crippen LogP contribution in [0, 0.1) is 0 Å². The van der Waals surface area contributed by atoms with E-state index in [0.29, 0.717) is 0 Å². The number of rotatable bonds is 5. The Morgan fingerprint density at radius 2 is 2.12 bits per heavy atom. The van der Waals surface area contributed by atoms with Crippen molar-refractivity contribution in [1.82, 2.24) is 19.9 Å². The van der Waals surface area contributed by atoms with Crippen molar-refractivity contribution in [2.45, 2.75) is 31.9 Å². The van der Waals surface area contributed by atoms with E-state index in [2.05, 4.69) is 34.3 Å². The Morgan fingerprint density at radius 1 is 1.28 bits per heavy atom. The fourth-order valence-electron chi connectivity index (χ4n) is 3.87. The quantitative estimate of drug-likeness (QED) is 0.715. The summed E-state index contributed by atoms with van der Waals surface area (Å²) in [6.45, 7) is 4.82. The second-order valence-electron chi connectivity index (χ2n) is 6.75. The lowest BCUT2D eigenvalue weighted by Gasteiger charge is -2.15. The number of benzene rings is 1. The molecule has 0 bridgehead atoms. The Morgan fingerprint density at radius 3 is 2.84 bits per heavy atom. The number of methoxy groups -OCH3 is 1. The fraction of sp³-hybridized carbons (Fsp3) is 0.474. The highest BCUT2D eigenvalue weighted by molar-refractivity contribution is 5.82. The molecule has 132 valence electrons. The minimum atomic E-state index is 0.139. The van der Waals surface area contributed by atoms with Crippen molar-refractivity contribution in [1.29, 1.82) is 0 Å². The summed E-state index contributed by atoms with van der Waals surface area (Å²) in [5.74, 6) is 1.33. The normalized spacial score (nSPS) is 21.4. The maximum absolute atomic E-state index is 6.04. The number of ether oxygens (including phenoxy) is 1. The second kappa shape index (κ2) is 6.61. The molecule has 0 radical (unpaired) electrons. The van der Waals surface area contributed by atoms with Gasteiger partial charge < -0.3 is 9.15 Å². The van der Waals surface area contributed by atoms with E-state index in [4.69, 9.17) is 9.15 Å². The topological polar surface area (TPSA) is 56.3 Å². The summed E-state index contributed by atoms with van der Waals surface area (Å²) in [5, 5.41) is 9.59. The number of furan rings is 1. The molecule has 1 aliphatic heterocycles. The van der Waals surface area contributed by atoms with Crippen LogP contribution in [0.1, 0.15) is 29.9 Å². The van der Waals surface area contributed by atoms with E-state index in [1.54, 1.807) is 11.8 Å². The Bertz CT molecular complexity index is 869. The van der Waals surface area contributed by atoms with Gasteiger partial charge in [0.05, 0.1) is 11.8 Å². The summed E-state index contributed by atoms with van der Waals surface area (Å²) < 4.78 is 13.5. The molecule has 2 atom stereocenters. The Kier molecular flexibility index (Phi) is 4.31. The standard InChI is InChI=1S/C19H24N4O2/c1-4-17-14(13-7-5-6-8-18(13)25-17)9-23-10-15(19(12-23)24-3)16-11-22(2)21-20-16/h5-8,11,15,19H,4,9-10,12H2,1-3H3/t15-,19+/m0/s1. The fourth-order valence-corrected chi connectivity index (χ4v) is 3.87. The van der Waals surface area contributed by atoms with Crippen LogP contribution in [0.4, 0.5) is 0 Å². The molecule has 6 heteroatoms. The van der Waals surface area contributed by atoms with E-state index >= 15 is 0 Å². The molecule has 0 unspecified atom stereocenters. The van der Waals surface area contributed by atoms with Crippen LogP contribution in [-0.4, -0.2) is 46.2 Å². The van der Waals surface area contributed by atoms with Crippen LogP contribution in [-0.2, 0) is 24.8 Å². The van der Waals surface area contributed by atoms with Gasteiger partial charge in [0.1, 0.15) is 11.3 Å². The predicted octanol–water partition coefficient (Wildman–Crippen LogP) is 2.74. The van der Waals surface area contributed by atoms with Gasteiger partial charge in [-0.1, -0.05) is 30.3 Å². The van der Waals surface area contributed by atoms with Crippen LogP contribution < -0.4 is 0 Å². The van der Waals surface area contributed by atoms with Gasteiger partial charge in [0.15, 0.2) is 0 Å². The van der Waals surface area contributed by atoms with Crippen LogP contribution >= 0.6 is 0 Å². The van der Waals surface area contributed by atoms with Crippen molar-refractivity contribution >= 4 is 11.0 Å². The lowest BCUT2D eigenvalue weighted by Crippen LogP contribution is -2.23. The summed E-state index contributed by atoms with van der Waals surface area (Å²) >= 11 is 0. The molecule has 1 fully saturated rings. The van der Waals surface area contributed by atoms with E-state index in [1.807, 2.05) is 25.4 Å². The average Bonchev–Trinajstić information content (AvgIpc) is 3.32. The molecule has 6 nitrogen and oxygen atoms in total. The molecule has 1 aliphatic rings. The van der Waals surface area contributed by atoms with Crippen molar-refractivity contribution in [3.8, 4) is 0 Å². The Hall–Kier alpha value is -2.18. The number of aryl methyl sites for hydroxylation is 2. The third-order valence-corrected chi connectivity index (χ3v) is 5.13. The molecule has 0 aliphatic carbocycles. The maximum atomic E-state index is 6.04. The van der Waals surface area contributed by atoms with Gasteiger partial charge in [-0.2, -0.15) is 0 Å². The average molecular weight is 340 g/mol. The van der Waals surface area contributed by atoms with Crippen LogP contribution in [0.5, 0.6) is 0 Å². The number of likely N-dealkylation sites (tertiary alicyclic amines) is 1. The lowest BCUT2D eigenvalue weighted by molar-refractivity contribution is 0.0957. The zero-order valence-corrected chi connectivity index (χ0v) is 15.0. The second-order valence-corrected chi connectivity index (χ2v) is 6.75. The summed E-state index contributed by atoms with van der Waals surface area (Å²) in [4.78, 5) is 2.43. The van der Waals surface area contributed by atoms with Gasteiger partial charge in [-0.05, 0) is 6.07 Å². The third-order valence-electron chi connectivity index (χ3n) is 5.13. The molecule has 0 saturated carbocycles. The molecule has 0 amide bonds. The zero-order chi connectivity index (χ0) is 17.4. The van der Waals surface area contributed by atoms with Gasteiger partial charge in [-0.25, -0.2) is 0 Å². The SMILES string of the molecule is CCc1oc2ccccc2c1CN1C[C@@H](OC)[C@H](c2cn(C)nn2)C1. The Labute approximate surface area is 147 Å². The lowest BCUT2D eigenvalue weighted by atomic mass is 10.0. The maximum Gasteiger partial charge on any atom is 0.134 e. The van der Waals surface area contributed by atoms with Gasteiger partial charge >= 0.3 is 0 Å². The number of hydrogen-bond donors (Lipinski definition) is 0. The number of fused-ring (bicyclic) bond motifs is 1. The van der Waals surface area contributed by atoms with Crippen molar-refractivity contribution in [3.63, 3.8) is 0 Å². The van der Waals surface area contributed by atoms with Crippen molar-refractivity contribution in [3.05, 3.63) is 47.5 Å². The predicted molar refractivity (Wildman–Crippen MR) is 95.4 cm³/mol. The minimum Gasteiger partial charge on any atom is -0.461 e. The van der Waals surface area contributed by atoms with Gasteiger partial charge in [0, 0.05) is 63.3 Å². The van der Waals surface area contributed by atoms with Crippen molar-refractivity contribution < 1.29 is 9.15 Å². The number of para-hydroxylation sites is 1. The molecular weight excluding hydrogens is 316 g/mol. The highest BCUT2D eigenvalue weighted by Gasteiger charge is 2.36. The molecule has 0 spiro atoms. The van der Waals surface area contributed by atoms with E-state index < -0.39 is 0 Å². The monoisotopic (exact) mass is 340 g/mol. The first-order valence-electron chi connectivity index (χ1n) is 8.80. The first-order valence-corrected chi connectivity index (χ1v) is 8.80. The van der Waals surface area contributed by atoms with Crippen LogP contribution in [0.25, 0.3) is 11.0 Å². The smallest absolute Gasteiger partial charge is 0.134 e. The molecule has 4 rings (SSSR count). The summed E-state index contributed by atoms with van der Waals surface area (Å²) in [5.41, 5.74) is 3.28. The number of aromatic nitrogens is 3. The summed E-state index contributed by atoms with van der Waals surface area (Å²) in [6, 6.07) is 8.29. The highest BCUT2D eigenvalue weighted by Crippen LogP contribution is 2.32. The minimum absolute atomic E-state index is 0.139. The summed E-state index contributed by atoms with van der Waals surface area (Å²) in [7, 11) is 3.68. The van der Waals surface area contributed by atoms with E-state index in [1.165, 1.54) is 10.9 Å². The third kappa shape index (κ3) is 2.96. The number of hydrogen-bond acceptors (Lipinski definition) is 5. The zero-order valence-electron chi connectivity index (χ0n) is 15.0. The highest BCUT2D eigenvalue weighted by atomic mass is 16.5. The molecule has 0 N–H and O–H groups in total. The van der Waals surface area contributed by atoms with Gasteiger partial charge in [-0.15, -0.1) is 5.10 Å². The van der Waals surface area contributed by atoms with Crippen LogP contribution in [0.15, 0.2) is 34.9 Å². The summed E-state index contributed by atoms with van der Waals surface area (Å²) in [6.07, 6.45) is 3.03. The van der Waals surface area contributed by atoms with E-state index in [9.17, 15) is 0 Å². The Balaban J connectivity index is 1.59. The van der Waals surface area contributed by atoms with Crippen LogP contribution in [0.2, 0.25) is 0 Å². The number of nitrogens with zero attached hydrogens (tertiary/aromatic N) is 4. The molecule has 3 aromatic rings.